The van der Waals surface area contributed by atoms with Crippen LogP contribution in [0.4, 0.5) is 10.5 Å². The number of hydrogen-bond donors (Lipinski definition) is 1. The lowest BCUT2D eigenvalue weighted by Gasteiger charge is -2.18. The molecule has 0 spiro atoms. The predicted octanol–water partition coefficient (Wildman–Crippen LogP) is 3.86. The van der Waals surface area contributed by atoms with E-state index in [-0.39, 0.29) is 11.9 Å². The highest BCUT2D eigenvalue weighted by Gasteiger charge is 2.31. The van der Waals surface area contributed by atoms with Gasteiger partial charge in [0.1, 0.15) is 11.3 Å². The number of fused-ring (bicyclic) bond motifs is 1. The molecule has 1 N–H and O–H groups in total. The highest BCUT2D eigenvalue weighted by atomic mass is 16.2. The normalized spacial score (nSPS) is 17.0. The van der Waals surface area contributed by atoms with Crippen molar-refractivity contribution in [3.63, 3.8) is 0 Å². The van der Waals surface area contributed by atoms with Crippen LogP contribution in [-0.2, 0) is 6.54 Å². The van der Waals surface area contributed by atoms with Crippen molar-refractivity contribution >= 4 is 22.9 Å². The number of nitrogens with zero attached hydrogens (tertiary/aromatic N) is 4. The standard InChI is InChI=1S/C20H23N5O/c1-2-12-25-18(23-17-9-6-11-21-19(17)25)15-10-13-24(14-15)20(26)22-16-7-4-3-5-8-16/h3-9,11,15H,2,10,12-14H2,1H3,(H,22,26)/t15-/m1/s1. The van der Waals surface area contributed by atoms with Crippen molar-refractivity contribution < 1.29 is 4.79 Å². The van der Waals surface area contributed by atoms with Gasteiger partial charge in [-0.05, 0) is 37.1 Å². The molecule has 26 heavy (non-hydrogen) atoms. The maximum absolute atomic E-state index is 12.5. The molecule has 134 valence electrons. The predicted molar refractivity (Wildman–Crippen MR) is 102 cm³/mol. The number of imidazole rings is 1. The summed E-state index contributed by atoms with van der Waals surface area (Å²) in [4.78, 5) is 23.8. The van der Waals surface area contributed by atoms with Crippen molar-refractivity contribution in [2.75, 3.05) is 18.4 Å². The second kappa shape index (κ2) is 7.15. The van der Waals surface area contributed by atoms with Gasteiger partial charge in [-0.25, -0.2) is 14.8 Å². The van der Waals surface area contributed by atoms with Gasteiger partial charge in [0.05, 0.1) is 0 Å². The van der Waals surface area contributed by atoms with Gasteiger partial charge < -0.3 is 14.8 Å². The number of hydrogen-bond acceptors (Lipinski definition) is 3. The zero-order chi connectivity index (χ0) is 17.9. The number of aromatic nitrogens is 3. The van der Waals surface area contributed by atoms with Crippen LogP contribution in [0.1, 0.15) is 31.5 Å². The molecule has 3 aromatic rings. The lowest BCUT2D eigenvalue weighted by Crippen LogP contribution is -2.33. The van der Waals surface area contributed by atoms with E-state index in [9.17, 15) is 4.79 Å². The number of pyridine rings is 1. The van der Waals surface area contributed by atoms with Gasteiger partial charge in [-0.15, -0.1) is 0 Å². The third kappa shape index (κ3) is 3.14. The fourth-order valence-electron chi connectivity index (χ4n) is 3.61. The monoisotopic (exact) mass is 349 g/mol. The third-order valence-electron chi connectivity index (χ3n) is 4.85. The molecule has 1 aromatic carbocycles. The number of para-hydroxylation sites is 1. The number of likely N-dealkylation sites (tertiary alicyclic amines) is 1. The summed E-state index contributed by atoms with van der Waals surface area (Å²) in [7, 11) is 0. The number of aryl methyl sites for hydroxylation is 1. The highest BCUT2D eigenvalue weighted by molar-refractivity contribution is 5.89. The van der Waals surface area contributed by atoms with Gasteiger partial charge >= 0.3 is 6.03 Å². The Kier molecular flexibility index (Phi) is 4.56. The minimum atomic E-state index is -0.0463. The van der Waals surface area contributed by atoms with E-state index >= 15 is 0 Å². The first-order valence-corrected chi connectivity index (χ1v) is 9.18. The Morgan fingerprint density at radius 2 is 2.08 bits per heavy atom. The van der Waals surface area contributed by atoms with Crippen molar-refractivity contribution in [1.82, 2.24) is 19.4 Å². The molecule has 3 heterocycles. The molecule has 1 atom stereocenters. The summed E-state index contributed by atoms with van der Waals surface area (Å²) >= 11 is 0. The summed E-state index contributed by atoms with van der Waals surface area (Å²) in [5.41, 5.74) is 2.70. The number of urea groups is 1. The topological polar surface area (TPSA) is 63.1 Å². The van der Waals surface area contributed by atoms with Crippen molar-refractivity contribution in [1.29, 1.82) is 0 Å². The van der Waals surface area contributed by atoms with E-state index in [2.05, 4.69) is 21.8 Å². The Labute approximate surface area is 152 Å². The quantitative estimate of drug-likeness (QED) is 0.778. The maximum atomic E-state index is 12.5. The second-order valence-corrected chi connectivity index (χ2v) is 6.70. The lowest BCUT2D eigenvalue weighted by molar-refractivity contribution is 0.222. The van der Waals surface area contributed by atoms with Gasteiger partial charge in [0, 0.05) is 37.4 Å². The molecule has 1 aliphatic heterocycles. The molecule has 2 aromatic heterocycles. The SMILES string of the molecule is CCCn1c([C@@H]2CCN(C(=O)Nc3ccccc3)C2)nc2cccnc21. The number of benzene rings is 1. The molecular weight excluding hydrogens is 326 g/mol. The van der Waals surface area contributed by atoms with E-state index in [1.54, 1.807) is 0 Å². The summed E-state index contributed by atoms with van der Waals surface area (Å²) in [6, 6.07) is 13.5. The summed E-state index contributed by atoms with van der Waals surface area (Å²) in [6.07, 6.45) is 3.77. The molecule has 6 heteroatoms. The minimum absolute atomic E-state index is 0.0463. The zero-order valence-corrected chi connectivity index (χ0v) is 14.9. The van der Waals surface area contributed by atoms with E-state index in [1.807, 2.05) is 53.6 Å². The number of carbonyl (C=O) groups excluding carboxylic acids is 1. The van der Waals surface area contributed by atoms with Gasteiger partial charge in [0.2, 0.25) is 0 Å². The van der Waals surface area contributed by atoms with E-state index in [0.29, 0.717) is 6.54 Å². The van der Waals surface area contributed by atoms with Crippen molar-refractivity contribution in [3.8, 4) is 0 Å². The second-order valence-electron chi connectivity index (χ2n) is 6.70. The van der Waals surface area contributed by atoms with E-state index in [1.165, 1.54) is 0 Å². The average molecular weight is 349 g/mol. The molecule has 0 aliphatic carbocycles. The van der Waals surface area contributed by atoms with Crippen molar-refractivity contribution in [2.24, 2.45) is 0 Å². The number of rotatable bonds is 4. The Morgan fingerprint density at radius 3 is 2.88 bits per heavy atom. The first kappa shape index (κ1) is 16.6. The van der Waals surface area contributed by atoms with Crippen LogP contribution in [-0.4, -0.2) is 38.6 Å². The molecule has 1 saturated heterocycles. The summed E-state index contributed by atoms with van der Waals surface area (Å²) in [5, 5.41) is 2.97. The van der Waals surface area contributed by atoms with Gasteiger partial charge in [-0.1, -0.05) is 25.1 Å². The smallest absolute Gasteiger partial charge is 0.321 e. The van der Waals surface area contributed by atoms with E-state index in [0.717, 1.165) is 48.6 Å². The number of amides is 2. The third-order valence-corrected chi connectivity index (χ3v) is 4.85. The number of anilines is 1. The zero-order valence-electron chi connectivity index (χ0n) is 14.9. The minimum Gasteiger partial charge on any atom is -0.324 e. The Hall–Kier alpha value is -2.89. The molecule has 0 unspecified atom stereocenters. The molecule has 1 aliphatic rings. The molecule has 4 rings (SSSR count). The Balaban J connectivity index is 1.52. The van der Waals surface area contributed by atoms with Crippen LogP contribution in [0.3, 0.4) is 0 Å². The van der Waals surface area contributed by atoms with E-state index < -0.39 is 0 Å². The van der Waals surface area contributed by atoms with Crippen LogP contribution >= 0.6 is 0 Å². The Bertz CT molecular complexity index is 905. The fraction of sp³-hybridized carbons (Fsp3) is 0.350. The summed E-state index contributed by atoms with van der Waals surface area (Å²) < 4.78 is 2.22. The lowest BCUT2D eigenvalue weighted by atomic mass is 10.1. The van der Waals surface area contributed by atoms with Gasteiger partial charge in [-0.2, -0.15) is 0 Å². The van der Waals surface area contributed by atoms with Crippen molar-refractivity contribution in [3.05, 3.63) is 54.5 Å². The number of nitrogens with one attached hydrogen (secondary N) is 1. The van der Waals surface area contributed by atoms with Crippen LogP contribution in [0.5, 0.6) is 0 Å². The summed E-state index contributed by atoms with van der Waals surface area (Å²) in [5.74, 6) is 1.30. The number of carbonyl (C=O) groups is 1. The average Bonchev–Trinajstić information content (AvgIpc) is 3.28. The van der Waals surface area contributed by atoms with Gasteiger partial charge in [0.25, 0.3) is 0 Å². The summed E-state index contributed by atoms with van der Waals surface area (Å²) in [6.45, 7) is 4.49. The first-order chi connectivity index (χ1) is 12.8. The molecular formula is C20H23N5O. The van der Waals surface area contributed by atoms with Gasteiger partial charge in [0.15, 0.2) is 5.65 Å². The van der Waals surface area contributed by atoms with Crippen molar-refractivity contribution in [2.45, 2.75) is 32.2 Å². The highest BCUT2D eigenvalue weighted by Crippen LogP contribution is 2.29. The van der Waals surface area contributed by atoms with E-state index in [4.69, 9.17) is 4.98 Å². The van der Waals surface area contributed by atoms with Crippen LogP contribution in [0.25, 0.3) is 11.2 Å². The fourth-order valence-corrected chi connectivity index (χ4v) is 3.61. The Morgan fingerprint density at radius 1 is 1.23 bits per heavy atom. The largest absolute Gasteiger partial charge is 0.324 e. The maximum Gasteiger partial charge on any atom is 0.321 e. The first-order valence-electron chi connectivity index (χ1n) is 9.18. The van der Waals surface area contributed by atoms with Gasteiger partial charge in [-0.3, -0.25) is 0 Å². The molecule has 0 bridgehead atoms. The van der Waals surface area contributed by atoms with Crippen LogP contribution in [0.2, 0.25) is 0 Å². The molecule has 6 nitrogen and oxygen atoms in total. The van der Waals surface area contributed by atoms with Crippen LogP contribution in [0.15, 0.2) is 48.7 Å². The molecule has 0 saturated carbocycles. The van der Waals surface area contributed by atoms with Crippen LogP contribution < -0.4 is 5.32 Å². The molecule has 2 amide bonds. The van der Waals surface area contributed by atoms with Crippen LogP contribution in [0, 0.1) is 0 Å². The molecule has 0 radical (unpaired) electrons. The molecule has 1 fully saturated rings.